The van der Waals surface area contributed by atoms with Crippen LogP contribution < -0.4 is 10.6 Å². The van der Waals surface area contributed by atoms with Crippen molar-refractivity contribution < 1.29 is 4.79 Å². The second-order valence-electron chi connectivity index (χ2n) is 4.23. The molecule has 1 aromatic rings. The first-order valence-electron chi connectivity index (χ1n) is 6.23. The highest BCUT2D eigenvalue weighted by atomic mass is 32.1. The molecule has 1 amide bonds. The van der Waals surface area contributed by atoms with Crippen LogP contribution in [0, 0.1) is 0 Å². The zero-order valence-corrected chi connectivity index (χ0v) is 11.6. The van der Waals surface area contributed by atoms with E-state index in [0.29, 0.717) is 6.54 Å². The van der Waals surface area contributed by atoms with Crippen LogP contribution in [0.1, 0.15) is 44.5 Å². The number of carbonyl (C=O) groups is 1. The van der Waals surface area contributed by atoms with Crippen molar-refractivity contribution in [3.63, 3.8) is 0 Å². The Balaban J connectivity index is 2.36. The monoisotopic (exact) mass is 254 g/mol. The summed E-state index contributed by atoms with van der Waals surface area (Å²) in [5.41, 5.74) is 0. The van der Waals surface area contributed by atoms with E-state index in [1.807, 2.05) is 13.0 Å². The smallest absolute Gasteiger partial charge is 0.234 e. The summed E-state index contributed by atoms with van der Waals surface area (Å²) in [5, 5.41) is 8.32. The highest BCUT2D eigenvalue weighted by Crippen LogP contribution is 2.21. The minimum Gasteiger partial charge on any atom is -0.353 e. The predicted molar refractivity (Wildman–Crippen MR) is 73.2 cm³/mol. The average Bonchev–Trinajstić information content (AvgIpc) is 2.83. The number of amides is 1. The van der Waals surface area contributed by atoms with Crippen LogP contribution in [0.3, 0.4) is 0 Å². The zero-order chi connectivity index (χ0) is 12.7. The second kappa shape index (κ2) is 7.45. The SMILES string of the molecule is CCC(C)NC(=O)CNC(CC)c1cccs1. The lowest BCUT2D eigenvalue weighted by atomic mass is 10.2. The van der Waals surface area contributed by atoms with E-state index in [0.717, 1.165) is 12.8 Å². The van der Waals surface area contributed by atoms with Crippen LogP contribution in [0.25, 0.3) is 0 Å². The molecule has 1 rings (SSSR count). The van der Waals surface area contributed by atoms with Gasteiger partial charge in [0.25, 0.3) is 0 Å². The van der Waals surface area contributed by atoms with Crippen molar-refractivity contribution in [1.29, 1.82) is 0 Å². The lowest BCUT2D eigenvalue weighted by Crippen LogP contribution is -2.39. The first-order chi connectivity index (χ1) is 8.17. The van der Waals surface area contributed by atoms with Gasteiger partial charge in [-0.1, -0.05) is 19.9 Å². The molecule has 0 saturated carbocycles. The van der Waals surface area contributed by atoms with E-state index >= 15 is 0 Å². The van der Waals surface area contributed by atoms with Crippen LogP contribution in [-0.2, 0) is 4.79 Å². The van der Waals surface area contributed by atoms with Crippen LogP contribution in [0.15, 0.2) is 17.5 Å². The van der Waals surface area contributed by atoms with Crippen molar-refractivity contribution >= 4 is 17.2 Å². The van der Waals surface area contributed by atoms with E-state index in [1.165, 1.54) is 4.88 Å². The summed E-state index contributed by atoms with van der Waals surface area (Å²) in [6, 6.07) is 4.70. The molecule has 0 aliphatic rings. The third-order valence-electron chi connectivity index (χ3n) is 2.82. The summed E-state index contributed by atoms with van der Waals surface area (Å²) in [4.78, 5) is 12.9. The minimum absolute atomic E-state index is 0.0781. The fraction of sp³-hybridized carbons (Fsp3) is 0.615. The Morgan fingerprint density at radius 2 is 2.18 bits per heavy atom. The Bertz CT molecular complexity index is 324. The van der Waals surface area contributed by atoms with E-state index < -0.39 is 0 Å². The van der Waals surface area contributed by atoms with Crippen molar-refractivity contribution in [3.05, 3.63) is 22.4 Å². The molecule has 2 atom stereocenters. The van der Waals surface area contributed by atoms with Crippen molar-refractivity contribution in [2.24, 2.45) is 0 Å². The number of hydrogen-bond acceptors (Lipinski definition) is 3. The van der Waals surface area contributed by atoms with Crippen LogP contribution in [0.5, 0.6) is 0 Å². The summed E-state index contributed by atoms with van der Waals surface area (Å²) >= 11 is 1.73. The third-order valence-corrected chi connectivity index (χ3v) is 3.81. The molecule has 0 aliphatic heterocycles. The van der Waals surface area contributed by atoms with E-state index in [1.54, 1.807) is 11.3 Å². The molecule has 0 fully saturated rings. The Labute approximate surface area is 108 Å². The Morgan fingerprint density at radius 1 is 1.41 bits per heavy atom. The number of rotatable bonds is 7. The molecular weight excluding hydrogens is 232 g/mol. The van der Waals surface area contributed by atoms with Gasteiger partial charge in [-0.05, 0) is 31.2 Å². The first kappa shape index (κ1) is 14.2. The van der Waals surface area contributed by atoms with Crippen molar-refractivity contribution in [3.8, 4) is 0 Å². The van der Waals surface area contributed by atoms with Crippen molar-refractivity contribution in [2.75, 3.05) is 6.54 Å². The average molecular weight is 254 g/mol. The van der Waals surface area contributed by atoms with Gasteiger partial charge in [-0.2, -0.15) is 0 Å². The van der Waals surface area contributed by atoms with Gasteiger partial charge in [0.1, 0.15) is 0 Å². The third kappa shape index (κ3) is 4.88. The molecule has 0 aliphatic carbocycles. The van der Waals surface area contributed by atoms with E-state index in [4.69, 9.17) is 0 Å². The Hall–Kier alpha value is -0.870. The van der Waals surface area contributed by atoms with E-state index in [2.05, 4.69) is 35.9 Å². The Morgan fingerprint density at radius 3 is 2.71 bits per heavy atom. The van der Waals surface area contributed by atoms with Gasteiger partial charge in [0.05, 0.1) is 6.54 Å². The molecule has 3 nitrogen and oxygen atoms in total. The molecule has 2 unspecified atom stereocenters. The van der Waals surface area contributed by atoms with Gasteiger partial charge in [-0.3, -0.25) is 4.79 Å². The summed E-state index contributed by atoms with van der Waals surface area (Å²) < 4.78 is 0. The zero-order valence-electron chi connectivity index (χ0n) is 10.8. The van der Waals surface area contributed by atoms with Gasteiger partial charge in [0.2, 0.25) is 5.91 Å². The van der Waals surface area contributed by atoms with Crippen LogP contribution >= 0.6 is 11.3 Å². The molecule has 0 saturated heterocycles. The highest BCUT2D eigenvalue weighted by molar-refractivity contribution is 7.10. The van der Waals surface area contributed by atoms with Crippen molar-refractivity contribution in [2.45, 2.75) is 45.7 Å². The molecule has 4 heteroatoms. The van der Waals surface area contributed by atoms with Gasteiger partial charge < -0.3 is 10.6 Å². The molecule has 0 radical (unpaired) electrons. The maximum atomic E-state index is 11.6. The number of carbonyl (C=O) groups excluding carboxylic acids is 1. The summed E-state index contributed by atoms with van der Waals surface area (Å²) in [5.74, 6) is 0.0781. The fourth-order valence-electron chi connectivity index (χ4n) is 1.58. The van der Waals surface area contributed by atoms with Crippen LogP contribution in [0.2, 0.25) is 0 Å². The maximum Gasteiger partial charge on any atom is 0.234 e. The Kier molecular flexibility index (Phi) is 6.22. The normalized spacial score (nSPS) is 14.3. The summed E-state index contributed by atoms with van der Waals surface area (Å²) in [7, 11) is 0. The maximum absolute atomic E-state index is 11.6. The topological polar surface area (TPSA) is 41.1 Å². The largest absolute Gasteiger partial charge is 0.353 e. The molecule has 0 aromatic carbocycles. The van der Waals surface area contributed by atoms with Crippen molar-refractivity contribution in [1.82, 2.24) is 10.6 Å². The minimum atomic E-state index is 0.0781. The highest BCUT2D eigenvalue weighted by Gasteiger charge is 2.12. The fourth-order valence-corrected chi connectivity index (χ4v) is 2.47. The summed E-state index contributed by atoms with van der Waals surface area (Å²) in [6.07, 6.45) is 1.96. The van der Waals surface area contributed by atoms with E-state index in [-0.39, 0.29) is 18.0 Å². The molecule has 1 heterocycles. The molecular formula is C13H22N2OS. The molecule has 0 spiro atoms. The predicted octanol–water partition coefficient (Wildman–Crippen LogP) is 2.70. The molecule has 1 aromatic heterocycles. The number of hydrogen-bond donors (Lipinski definition) is 2. The molecule has 2 N–H and O–H groups in total. The van der Waals surface area contributed by atoms with Crippen LogP contribution in [-0.4, -0.2) is 18.5 Å². The van der Waals surface area contributed by atoms with Crippen LogP contribution in [0.4, 0.5) is 0 Å². The first-order valence-corrected chi connectivity index (χ1v) is 7.11. The molecule has 17 heavy (non-hydrogen) atoms. The second-order valence-corrected chi connectivity index (χ2v) is 5.21. The lowest BCUT2D eigenvalue weighted by Gasteiger charge is -2.16. The van der Waals surface area contributed by atoms with Gasteiger partial charge in [-0.25, -0.2) is 0 Å². The standard InChI is InChI=1S/C13H22N2OS/c1-4-10(3)15-13(16)9-14-11(5-2)12-7-6-8-17-12/h6-8,10-11,14H,4-5,9H2,1-3H3,(H,15,16). The molecule has 96 valence electrons. The van der Waals surface area contributed by atoms with Gasteiger partial charge in [-0.15, -0.1) is 11.3 Å². The van der Waals surface area contributed by atoms with E-state index in [9.17, 15) is 4.79 Å². The van der Waals surface area contributed by atoms with Gasteiger partial charge in [0, 0.05) is 17.0 Å². The van der Waals surface area contributed by atoms with Gasteiger partial charge >= 0.3 is 0 Å². The lowest BCUT2D eigenvalue weighted by molar-refractivity contribution is -0.121. The van der Waals surface area contributed by atoms with Gasteiger partial charge in [0.15, 0.2) is 0 Å². The quantitative estimate of drug-likeness (QED) is 0.785. The number of thiophene rings is 1. The number of nitrogens with one attached hydrogen (secondary N) is 2. The molecule has 0 bridgehead atoms. The summed E-state index contributed by atoms with van der Waals surface area (Å²) in [6.45, 7) is 6.61.